The molecule has 2 aromatic carbocycles. The number of hydrogen-bond donors (Lipinski definition) is 3. The molecule has 4 rings (SSSR count). The van der Waals surface area contributed by atoms with Crippen LogP contribution < -0.4 is 16.2 Å². The fourth-order valence-corrected chi connectivity index (χ4v) is 3.81. The average Bonchev–Trinajstić information content (AvgIpc) is 3.18. The number of aromatic nitrogens is 1. The Morgan fingerprint density at radius 2 is 1.66 bits per heavy atom. The zero-order valence-corrected chi connectivity index (χ0v) is 16.6. The molecule has 144 valence electrons. The Morgan fingerprint density at radius 1 is 0.897 bits per heavy atom. The maximum Gasteiger partial charge on any atom is 0.337 e. The summed E-state index contributed by atoms with van der Waals surface area (Å²) in [5.41, 5.74) is 7.14. The van der Waals surface area contributed by atoms with Gasteiger partial charge >= 0.3 is 6.03 Å². The number of para-hydroxylation sites is 2. The second-order valence-electron chi connectivity index (χ2n) is 6.08. The molecule has 0 aliphatic rings. The molecule has 3 N–H and O–H groups in total. The zero-order chi connectivity index (χ0) is 20.2. The highest BCUT2D eigenvalue weighted by Gasteiger charge is 2.15. The summed E-state index contributed by atoms with van der Waals surface area (Å²) < 4.78 is 0.639. The van der Waals surface area contributed by atoms with Gasteiger partial charge < -0.3 is 5.32 Å². The first kappa shape index (κ1) is 18.9. The van der Waals surface area contributed by atoms with E-state index < -0.39 is 11.9 Å². The molecular weight excluding hydrogens is 408 g/mol. The summed E-state index contributed by atoms with van der Waals surface area (Å²) in [7, 11) is 0. The average molecular weight is 423 g/mol. The molecule has 29 heavy (non-hydrogen) atoms. The summed E-state index contributed by atoms with van der Waals surface area (Å²) in [5.74, 6) is -0.448. The van der Waals surface area contributed by atoms with E-state index in [4.69, 9.17) is 11.6 Å². The first-order chi connectivity index (χ1) is 14.1. The number of pyridine rings is 1. The predicted molar refractivity (Wildman–Crippen MR) is 116 cm³/mol. The molecule has 0 radical (unpaired) electrons. The molecule has 2 aromatic heterocycles. The number of benzene rings is 2. The number of amides is 3. The van der Waals surface area contributed by atoms with Gasteiger partial charge in [-0.15, -0.1) is 11.3 Å². The number of urea groups is 1. The van der Waals surface area contributed by atoms with Crippen molar-refractivity contribution in [1.82, 2.24) is 15.8 Å². The Labute approximate surface area is 175 Å². The summed E-state index contributed by atoms with van der Waals surface area (Å²) in [6, 6.07) is 21.1. The molecule has 0 bridgehead atoms. The topological polar surface area (TPSA) is 83.1 Å². The van der Waals surface area contributed by atoms with Crippen LogP contribution in [0.4, 0.5) is 10.5 Å². The number of carbonyl (C=O) groups is 2. The number of hydrogen-bond acceptors (Lipinski definition) is 4. The van der Waals surface area contributed by atoms with E-state index in [9.17, 15) is 9.59 Å². The zero-order valence-electron chi connectivity index (χ0n) is 15.0. The first-order valence-corrected chi connectivity index (χ1v) is 9.87. The Balaban J connectivity index is 1.57. The van der Waals surface area contributed by atoms with Crippen LogP contribution in [-0.4, -0.2) is 16.9 Å². The van der Waals surface area contributed by atoms with E-state index in [1.54, 1.807) is 36.4 Å². The van der Waals surface area contributed by atoms with E-state index in [1.807, 2.05) is 36.4 Å². The highest BCUT2D eigenvalue weighted by Crippen LogP contribution is 2.32. The third kappa shape index (κ3) is 4.37. The van der Waals surface area contributed by atoms with E-state index in [0.717, 1.165) is 4.88 Å². The number of anilines is 1. The second kappa shape index (κ2) is 8.30. The van der Waals surface area contributed by atoms with Crippen LogP contribution in [0.1, 0.15) is 10.4 Å². The van der Waals surface area contributed by atoms with Crippen LogP contribution in [0.3, 0.4) is 0 Å². The lowest BCUT2D eigenvalue weighted by atomic mass is 10.1. The second-order valence-corrected chi connectivity index (χ2v) is 7.79. The SMILES string of the molecule is O=C(NNC(=O)c1cc(-c2ccc(Cl)s2)nc2ccccc12)Nc1ccccc1. The quantitative estimate of drug-likeness (QED) is 0.402. The van der Waals surface area contributed by atoms with Crippen LogP contribution in [0.2, 0.25) is 4.34 Å². The fraction of sp³-hybridized carbons (Fsp3) is 0. The predicted octanol–water partition coefficient (Wildman–Crippen LogP) is 5.08. The van der Waals surface area contributed by atoms with Crippen LogP contribution >= 0.6 is 22.9 Å². The van der Waals surface area contributed by atoms with Gasteiger partial charge in [0, 0.05) is 11.1 Å². The van der Waals surface area contributed by atoms with E-state index in [1.165, 1.54) is 11.3 Å². The van der Waals surface area contributed by atoms with Crippen LogP contribution in [0.15, 0.2) is 72.8 Å². The maximum atomic E-state index is 12.8. The van der Waals surface area contributed by atoms with E-state index in [2.05, 4.69) is 21.2 Å². The Kier molecular flexibility index (Phi) is 5.41. The minimum Gasteiger partial charge on any atom is -0.307 e. The minimum atomic E-state index is -0.548. The molecule has 0 atom stereocenters. The van der Waals surface area contributed by atoms with Crippen molar-refractivity contribution in [1.29, 1.82) is 0 Å². The lowest BCUT2D eigenvalue weighted by Crippen LogP contribution is -2.44. The van der Waals surface area contributed by atoms with Crippen molar-refractivity contribution >= 4 is 51.5 Å². The molecule has 0 saturated heterocycles. The molecule has 0 fully saturated rings. The summed E-state index contributed by atoms with van der Waals surface area (Å²) >= 11 is 7.42. The van der Waals surface area contributed by atoms with Gasteiger partial charge in [-0.25, -0.2) is 15.2 Å². The number of nitrogens with one attached hydrogen (secondary N) is 3. The molecule has 0 spiro atoms. The van der Waals surface area contributed by atoms with Crippen molar-refractivity contribution in [2.75, 3.05) is 5.32 Å². The highest BCUT2D eigenvalue weighted by atomic mass is 35.5. The number of halogens is 1. The van der Waals surface area contributed by atoms with Crippen molar-refractivity contribution in [3.8, 4) is 10.6 Å². The molecule has 4 aromatic rings. The van der Waals surface area contributed by atoms with Gasteiger partial charge in [-0.05, 0) is 36.4 Å². The van der Waals surface area contributed by atoms with E-state index in [0.29, 0.717) is 32.2 Å². The molecule has 8 heteroatoms. The number of rotatable bonds is 3. The molecular formula is C21H15ClN4O2S. The maximum absolute atomic E-state index is 12.8. The number of hydrazine groups is 1. The van der Waals surface area contributed by atoms with Gasteiger partial charge in [0.15, 0.2) is 0 Å². The monoisotopic (exact) mass is 422 g/mol. The summed E-state index contributed by atoms with van der Waals surface area (Å²) in [6.07, 6.45) is 0. The molecule has 0 aliphatic carbocycles. The standard InChI is InChI=1S/C21H15ClN4O2S/c22-19-11-10-18(29-19)17-12-15(14-8-4-5-9-16(14)24-17)20(27)25-26-21(28)23-13-6-2-1-3-7-13/h1-12H,(H,25,27)(H2,23,26,28). The first-order valence-electron chi connectivity index (χ1n) is 8.68. The van der Waals surface area contributed by atoms with Crippen molar-refractivity contribution in [3.05, 3.63) is 82.7 Å². The molecule has 0 saturated carbocycles. The number of thiophene rings is 1. The lowest BCUT2D eigenvalue weighted by Gasteiger charge is -2.11. The third-order valence-electron chi connectivity index (χ3n) is 4.11. The Bertz CT molecular complexity index is 1190. The highest BCUT2D eigenvalue weighted by molar-refractivity contribution is 7.19. The molecule has 6 nitrogen and oxygen atoms in total. The van der Waals surface area contributed by atoms with Gasteiger partial charge in [-0.3, -0.25) is 10.2 Å². The summed E-state index contributed by atoms with van der Waals surface area (Å²) in [4.78, 5) is 30.3. The Morgan fingerprint density at radius 3 is 2.41 bits per heavy atom. The fourth-order valence-electron chi connectivity index (χ4n) is 2.81. The van der Waals surface area contributed by atoms with Gasteiger partial charge in [0.1, 0.15) is 0 Å². The smallest absolute Gasteiger partial charge is 0.307 e. The van der Waals surface area contributed by atoms with Crippen LogP contribution in [0.25, 0.3) is 21.5 Å². The van der Waals surface area contributed by atoms with Crippen LogP contribution in [-0.2, 0) is 0 Å². The van der Waals surface area contributed by atoms with Gasteiger partial charge in [-0.2, -0.15) is 0 Å². The van der Waals surface area contributed by atoms with Crippen molar-refractivity contribution in [2.45, 2.75) is 0 Å². The number of nitrogens with zero attached hydrogens (tertiary/aromatic N) is 1. The number of carbonyl (C=O) groups excluding carboxylic acids is 2. The van der Waals surface area contributed by atoms with Gasteiger partial charge in [0.25, 0.3) is 5.91 Å². The summed E-state index contributed by atoms with van der Waals surface area (Å²) in [6.45, 7) is 0. The van der Waals surface area contributed by atoms with Crippen molar-refractivity contribution in [2.24, 2.45) is 0 Å². The lowest BCUT2D eigenvalue weighted by molar-refractivity contribution is 0.0939. The van der Waals surface area contributed by atoms with E-state index in [-0.39, 0.29) is 0 Å². The summed E-state index contributed by atoms with van der Waals surface area (Å²) in [5, 5.41) is 3.32. The van der Waals surface area contributed by atoms with Gasteiger partial charge in [0.05, 0.1) is 26.0 Å². The van der Waals surface area contributed by atoms with Gasteiger partial charge in [-0.1, -0.05) is 48.0 Å². The normalized spacial score (nSPS) is 10.5. The van der Waals surface area contributed by atoms with Crippen LogP contribution in [0, 0.1) is 0 Å². The van der Waals surface area contributed by atoms with Gasteiger partial charge in [0.2, 0.25) is 0 Å². The van der Waals surface area contributed by atoms with Crippen molar-refractivity contribution < 1.29 is 9.59 Å². The van der Waals surface area contributed by atoms with E-state index >= 15 is 0 Å². The minimum absolute atomic E-state index is 0.398. The van der Waals surface area contributed by atoms with Crippen molar-refractivity contribution in [3.63, 3.8) is 0 Å². The molecule has 0 unspecified atom stereocenters. The van der Waals surface area contributed by atoms with Crippen LogP contribution in [0.5, 0.6) is 0 Å². The largest absolute Gasteiger partial charge is 0.337 e. The molecule has 0 aliphatic heterocycles. The third-order valence-corrected chi connectivity index (χ3v) is 5.36. The Hall–Kier alpha value is -3.42. The number of fused-ring (bicyclic) bond motifs is 1. The molecule has 3 amide bonds. The molecule has 2 heterocycles.